The summed E-state index contributed by atoms with van der Waals surface area (Å²) in [5, 5.41) is 3.00. The van der Waals surface area contributed by atoms with E-state index in [0.717, 1.165) is 12.1 Å². The molecule has 1 saturated heterocycles. The van der Waals surface area contributed by atoms with Crippen molar-refractivity contribution in [1.29, 1.82) is 0 Å². The van der Waals surface area contributed by atoms with Crippen LogP contribution in [0.2, 0.25) is 0 Å². The van der Waals surface area contributed by atoms with Crippen LogP contribution in [0.3, 0.4) is 0 Å². The van der Waals surface area contributed by atoms with Crippen LogP contribution in [0.25, 0.3) is 0 Å². The van der Waals surface area contributed by atoms with E-state index in [1.807, 2.05) is 7.05 Å². The molecule has 6 heteroatoms. The van der Waals surface area contributed by atoms with Crippen LogP contribution in [0.1, 0.15) is 5.56 Å². The van der Waals surface area contributed by atoms with Gasteiger partial charge in [0.05, 0.1) is 19.1 Å². The van der Waals surface area contributed by atoms with Gasteiger partial charge in [-0.2, -0.15) is 0 Å². The minimum atomic E-state index is -0.682. The highest BCUT2D eigenvalue weighted by molar-refractivity contribution is 5.79. The largest absolute Gasteiger partial charge is 0.373 e. The first-order chi connectivity index (χ1) is 9.60. The van der Waals surface area contributed by atoms with Crippen molar-refractivity contribution in [3.8, 4) is 0 Å². The molecule has 20 heavy (non-hydrogen) atoms. The van der Waals surface area contributed by atoms with Crippen LogP contribution in [0.5, 0.6) is 0 Å². The van der Waals surface area contributed by atoms with Crippen LogP contribution in [-0.4, -0.2) is 50.2 Å². The Labute approximate surface area is 116 Å². The van der Waals surface area contributed by atoms with Crippen molar-refractivity contribution < 1.29 is 18.3 Å². The van der Waals surface area contributed by atoms with Crippen LogP contribution >= 0.6 is 0 Å². The van der Waals surface area contributed by atoms with Gasteiger partial charge in [-0.1, -0.05) is 6.07 Å². The highest BCUT2D eigenvalue weighted by Crippen LogP contribution is 2.13. The molecular formula is C14H18F2N2O2. The number of benzene rings is 1. The van der Waals surface area contributed by atoms with E-state index in [2.05, 4.69) is 5.32 Å². The molecule has 0 aromatic heterocycles. The molecule has 1 fully saturated rings. The summed E-state index contributed by atoms with van der Waals surface area (Å²) in [5.41, 5.74) is 0.216. The Morgan fingerprint density at radius 3 is 3.00 bits per heavy atom. The Balaban J connectivity index is 1.97. The average molecular weight is 284 g/mol. The second-order valence-corrected chi connectivity index (χ2v) is 4.80. The molecule has 1 atom stereocenters. The van der Waals surface area contributed by atoms with Gasteiger partial charge in [-0.15, -0.1) is 0 Å². The summed E-state index contributed by atoms with van der Waals surface area (Å²) in [7, 11) is 1.82. The van der Waals surface area contributed by atoms with Crippen molar-refractivity contribution in [2.45, 2.75) is 12.5 Å². The lowest BCUT2D eigenvalue weighted by molar-refractivity contribution is -0.137. The molecule has 0 bridgehead atoms. The molecule has 1 aliphatic rings. The van der Waals surface area contributed by atoms with E-state index in [4.69, 9.17) is 4.74 Å². The third-order valence-corrected chi connectivity index (χ3v) is 3.28. The van der Waals surface area contributed by atoms with Gasteiger partial charge in [-0.05, 0) is 18.7 Å². The lowest BCUT2D eigenvalue weighted by atomic mass is 10.1. The van der Waals surface area contributed by atoms with Crippen LogP contribution in [-0.2, 0) is 16.0 Å². The molecule has 1 aromatic rings. The minimum absolute atomic E-state index is 0.0456. The van der Waals surface area contributed by atoms with Gasteiger partial charge in [0.1, 0.15) is 11.6 Å². The SMILES string of the molecule is CNCC1CN(C(=O)Cc2ccc(F)cc2F)CCO1. The molecule has 1 aliphatic heterocycles. The van der Waals surface area contributed by atoms with Gasteiger partial charge in [0.25, 0.3) is 0 Å². The molecule has 1 heterocycles. The fourth-order valence-electron chi connectivity index (χ4n) is 2.24. The molecule has 0 saturated carbocycles. The van der Waals surface area contributed by atoms with Gasteiger partial charge < -0.3 is 15.0 Å². The molecule has 0 radical (unpaired) electrons. The lowest BCUT2D eigenvalue weighted by Gasteiger charge is -2.33. The Morgan fingerprint density at radius 2 is 2.30 bits per heavy atom. The van der Waals surface area contributed by atoms with Crippen molar-refractivity contribution in [1.82, 2.24) is 10.2 Å². The zero-order chi connectivity index (χ0) is 14.5. The lowest BCUT2D eigenvalue weighted by Crippen LogP contribution is -2.49. The van der Waals surface area contributed by atoms with Crippen molar-refractivity contribution in [2.75, 3.05) is 33.3 Å². The summed E-state index contributed by atoms with van der Waals surface area (Å²) in [6, 6.07) is 3.27. The van der Waals surface area contributed by atoms with Crippen molar-refractivity contribution in [3.63, 3.8) is 0 Å². The number of nitrogens with one attached hydrogen (secondary N) is 1. The fraction of sp³-hybridized carbons (Fsp3) is 0.500. The van der Waals surface area contributed by atoms with E-state index in [-0.39, 0.29) is 24.0 Å². The second-order valence-electron chi connectivity index (χ2n) is 4.80. The third kappa shape index (κ3) is 3.74. The average Bonchev–Trinajstić information content (AvgIpc) is 2.42. The second kappa shape index (κ2) is 6.76. The van der Waals surface area contributed by atoms with Crippen LogP contribution in [0, 0.1) is 11.6 Å². The highest BCUT2D eigenvalue weighted by Gasteiger charge is 2.24. The Bertz CT molecular complexity index is 480. The number of nitrogens with zero attached hydrogens (tertiary/aromatic N) is 1. The normalized spacial score (nSPS) is 19.1. The number of hydrogen-bond acceptors (Lipinski definition) is 3. The van der Waals surface area contributed by atoms with E-state index >= 15 is 0 Å². The highest BCUT2D eigenvalue weighted by atomic mass is 19.1. The van der Waals surface area contributed by atoms with Gasteiger partial charge in [0.15, 0.2) is 0 Å². The first-order valence-corrected chi connectivity index (χ1v) is 6.58. The first kappa shape index (κ1) is 14.9. The minimum Gasteiger partial charge on any atom is -0.373 e. The Morgan fingerprint density at radius 1 is 1.50 bits per heavy atom. The zero-order valence-electron chi connectivity index (χ0n) is 11.4. The molecule has 1 amide bonds. The topological polar surface area (TPSA) is 41.6 Å². The molecule has 0 aliphatic carbocycles. The molecule has 2 rings (SSSR count). The smallest absolute Gasteiger partial charge is 0.227 e. The van der Waals surface area contributed by atoms with Gasteiger partial charge in [0, 0.05) is 25.7 Å². The maximum atomic E-state index is 13.5. The van der Waals surface area contributed by atoms with E-state index < -0.39 is 11.6 Å². The first-order valence-electron chi connectivity index (χ1n) is 6.58. The zero-order valence-corrected chi connectivity index (χ0v) is 11.4. The van der Waals surface area contributed by atoms with Crippen molar-refractivity contribution in [3.05, 3.63) is 35.4 Å². The number of ether oxygens (including phenoxy) is 1. The van der Waals surface area contributed by atoms with Crippen molar-refractivity contribution in [2.24, 2.45) is 0 Å². The van der Waals surface area contributed by atoms with Gasteiger partial charge in [0.2, 0.25) is 5.91 Å². The van der Waals surface area contributed by atoms with E-state index in [0.29, 0.717) is 26.2 Å². The van der Waals surface area contributed by atoms with E-state index in [1.165, 1.54) is 6.07 Å². The van der Waals surface area contributed by atoms with Crippen LogP contribution < -0.4 is 5.32 Å². The van der Waals surface area contributed by atoms with E-state index in [1.54, 1.807) is 4.90 Å². The Kier molecular flexibility index (Phi) is 5.03. The van der Waals surface area contributed by atoms with E-state index in [9.17, 15) is 13.6 Å². The molecule has 1 unspecified atom stereocenters. The van der Waals surface area contributed by atoms with Gasteiger partial charge in [-0.25, -0.2) is 8.78 Å². The predicted octanol–water partition coefficient (Wildman–Crippen LogP) is 0.954. The maximum absolute atomic E-state index is 13.5. The number of morpholine rings is 1. The fourth-order valence-corrected chi connectivity index (χ4v) is 2.24. The van der Waals surface area contributed by atoms with Gasteiger partial charge in [-0.3, -0.25) is 4.79 Å². The number of carbonyl (C=O) groups is 1. The molecule has 1 aromatic carbocycles. The molecule has 110 valence electrons. The molecule has 1 N–H and O–H groups in total. The summed E-state index contributed by atoms with van der Waals surface area (Å²) in [5.74, 6) is -1.49. The molecule has 4 nitrogen and oxygen atoms in total. The number of hydrogen-bond donors (Lipinski definition) is 1. The number of rotatable bonds is 4. The number of carbonyl (C=O) groups excluding carboxylic acids is 1. The maximum Gasteiger partial charge on any atom is 0.227 e. The van der Waals surface area contributed by atoms with Crippen LogP contribution in [0.15, 0.2) is 18.2 Å². The molecular weight excluding hydrogens is 266 g/mol. The van der Waals surface area contributed by atoms with Crippen LogP contribution in [0.4, 0.5) is 8.78 Å². The summed E-state index contributed by atoms with van der Waals surface area (Å²) in [4.78, 5) is 13.8. The monoisotopic (exact) mass is 284 g/mol. The number of amides is 1. The standard InChI is InChI=1S/C14H18F2N2O2/c1-17-8-12-9-18(4-5-20-12)14(19)6-10-2-3-11(15)7-13(10)16/h2-3,7,12,17H,4-6,8-9H2,1H3. The summed E-state index contributed by atoms with van der Waals surface area (Å²) in [6.07, 6.45) is -0.103. The number of halogens is 2. The Hall–Kier alpha value is -1.53. The molecule has 0 spiro atoms. The third-order valence-electron chi connectivity index (χ3n) is 3.28. The summed E-state index contributed by atoms with van der Waals surface area (Å²) >= 11 is 0. The number of likely N-dealkylation sites (N-methyl/N-ethyl adjacent to an activating group) is 1. The predicted molar refractivity (Wildman–Crippen MR) is 70.3 cm³/mol. The van der Waals surface area contributed by atoms with Gasteiger partial charge >= 0.3 is 0 Å². The summed E-state index contributed by atoms with van der Waals surface area (Å²) < 4.78 is 31.9. The quantitative estimate of drug-likeness (QED) is 0.895. The van der Waals surface area contributed by atoms with Crippen molar-refractivity contribution >= 4 is 5.91 Å². The summed E-state index contributed by atoms with van der Waals surface area (Å²) in [6.45, 7) is 2.13.